The molecule has 2 heterocycles. The van der Waals surface area contributed by atoms with E-state index in [4.69, 9.17) is 0 Å². The molecule has 1 amide bonds. The number of nitrogens with zero attached hydrogens (tertiary/aromatic N) is 2. The summed E-state index contributed by atoms with van der Waals surface area (Å²) in [5, 5.41) is 3.99. The van der Waals surface area contributed by atoms with Crippen LogP contribution in [0.1, 0.15) is 21.6 Å². The lowest BCUT2D eigenvalue weighted by atomic mass is 10.0. The predicted molar refractivity (Wildman–Crippen MR) is 122 cm³/mol. The third-order valence-corrected chi connectivity index (χ3v) is 6.55. The van der Waals surface area contributed by atoms with Gasteiger partial charge >= 0.3 is 0 Å². The van der Waals surface area contributed by atoms with Gasteiger partial charge < -0.3 is 9.88 Å². The van der Waals surface area contributed by atoms with Crippen molar-refractivity contribution in [1.29, 1.82) is 0 Å². The normalized spacial score (nSPS) is 11.6. The number of pyridine rings is 1. The Morgan fingerprint density at radius 3 is 2.58 bits per heavy atom. The molecule has 0 fully saturated rings. The Labute approximate surface area is 181 Å². The minimum Gasteiger partial charge on any atom is -0.351 e. The largest absolute Gasteiger partial charge is 0.351 e. The van der Waals surface area contributed by atoms with Crippen LogP contribution in [-0.2, 0) is 23.4 Å². The molecule has 31 heavy (non-hydrogen) atoms. The molecule has 0 aliphatic heterocycles. The second-order valence-corrected chi connectivity index (χ2v) is 9.66. The first-order valence-electron chi connectivity index (χ1n) is 9.82. The molecule has 0 aliphatic rings. The van der Waals surface area contributed by atoms with Gasteiger partial charge in [0.2, 0.25) is 0 Å². The van der Waals surface area contributed by atoms with Gasteiger partial charge in [0.15, 0.2) is 9.84 Å². The Balaban J connectivity index is 1.52. The van der Waals surface area contributed by atoms with E-state index in [2.05, 4.69) is 39.1 Å². The number of nitrogens with one attached hydrogen (secondary N) is 1. The van der Waals surface area contributed by atoms with Gasteiger partial charge in [-0.25, -0.2) is 8.42 Å². The molecule has 0 spiro atoms. The van der Waals surface area contributed by atoms with Crippen molar-refractivity contribution in [1.82, 2.24) is 14.9 Å². The van der Waals surface area contributed by atoms with Gasteiger partial charge in [-0.3, -0.25) is 9.78 Å². The maximum atomic E-state index is 12.6. The number of carbonyl (C=O) groups is 1. The highest BCUT2D eigenvalue weighted by Crippen LogP contribution is 2.25. The summed E-state index contributed by atoms with van der Waals surface area (Å²) in [6.07, 6.45) is 4.89. The minimum absolute atomic E-state index is 0.163. The molecule has 0 unspecified atom stereocenters. The van der Waals surface area contributed by atoms with E-state index in [9.17, 15) is 13.2 Å². The molecule has 0 radical (unpaired) electrons. The van der Waals surface area contributed by atoms with Crippen molar-refractivity contribution in [2.75, 3.05) is 6.26 Å². The summed E-state index contributed by atoms with van der Waals surface area (Å²) in [5.41, 5.74) is 4.89. The third-order valence-electron chi connectivity index (χ3n) is 5.31. The summed E-state index contributed by atoms with van der Waals surface area (Å²) in [7, 11) is -1.38. The second kappa shape index (κ2) is 8.00. The molecule has 7 heteroatoms. The van der Waals surface area contributed by atoms with E-state index in [0.29, 0.717) is 11.1 Å². The smallest absolute Gasteiger partial charge is 0.251 e. The molecular formula is C24H23N3O3S. The van der Waals surface area contributed by atoms with Gasteiger partial charge in [-0.1, -0.05) is 12.1 Å². The molecule has 0 saturated heterocycles. The molecule has 1 N–H and O–H groups in total. The van der Waals surface area contributed by atoms with Crippen LogP contribution in [0.15, 0.2) is 71.9 Å². The molecule has 4 aromatic rings. The highest BCUT2D eigenvalue weighted by Gasteiger charge is 2.15. The van der Waals surface area contributed by atoms with Gasteiger partial charge in [0.1, 0.15) is 0 Å². The number of aromatic nitrogens is 2. The number of rotatable bonds is 5. The van der Waals surface area contributed by atoms with E-state index >= 15 is 0 Å². The van der Waals surface area contributed by atoms with Crippen LogP contribution in [0.5, 0.6) is 0 Å². The van der Waals surface area contributed by atoms with E-state index in [1.807, 2.05) is 25.4 Å². The number of fused-ring (bicyclic) bond motifs is 1. The number of hydrogen-bond donors (Lipinski definition) is 1. The molecule has 4 rings (SSSR count). The summed E-state index contributed by atoms with van der Waals surface area (Å²) in [5.74, 6) is -0.345. The maximum absolute atomic E-state index is 12.6. The third kappa shape index (κ3) is 4.36. The zero-order valence-corrected chi connectivity index (χ0v) is 18.4. The van der Waals surface area contributed by atoms with Crippen molar-refractivity contribution < 1.29 is 13.2 Å². The average molecular weight is 434 g/mol. The van der Waals surface area contributed by atoms with Crippen LogP contribution in [0.2, 0.25) is 0 Å². The van der Waals surface area contributed by atoms with Gasteiger partial charge in [-0.05, 0) is 66.1 Å². The number of benzene rings is 2. The van der Waals surface area contributed by atoms with Crippen molar-refractivity contribution in [3.8, 4) is 11.1 Å². The highest BCUT2D eigenvalue weighted by atomic mass is 32.2. The zero-order valence-electron chi connectivity index (χ0n) is 17.6. The summed E-state index contributed by atoms with van der Waals surface area (Å²) >= 11 is 0. The van der Waals surface area contributed by atoms with Gasteiger partial charge in [0.25, 0.3) is 5.91 Å². The summed E-state index contributed by atoms with van der Waals surface area (Å²) in [6.45, 7) is 1.95. The molecule has 0 aliphatic carbocycles. The van der Waals surface area contributed by atoms with Crippen molar-refractivity contribution >= 4 is 26.6 Å². The highest BCUT2D eigenvalue weighted by molar-refractivity contribution is 7.90. The zero-order chi connectivity index (χ0) is 22.2. The topological polar surface area (TPSA) is 81.1 Å². The lowest BCUT2D eigenvalue weighted by molar-refractivity contribution is 0.0950. The number of amides is 1. The fourth-order valence-corrected chi connectivity index (χ4v) is 4.62. The van der Waals surface area contributed by atoms with Crippen LogP contribution < -0.4 is 5.32 Å². The molecule has 2 aromatic carbocycles. The monoisotopic (exact) mass is 433 g/mol. The van der Waals surface area contributed by atoms with Gasteiger partial charge in [-0.15, -0.1) is 0 Å². The van der Waals surface area contributed by atoms with E-state index in [0.717, 1.165) is 34.0 Å². The van der Waals surface area contributed by atoms with E-state index in [-0.39, 0.29) is 17.3 Å². The molecule has 0 atom stereocenters. The lowest BCUT2D eigenvalue weighted by Gasteiger charge is -2.09. The Morgan fingerprint density at radius 2 is 1.81 bits per heavy atom. The van der Waals surface area contributed by atoms with Crippen molar-refractivity contribution in [3.63, 3.8) is 0 Å². The van der Waals surface area contributed by atoms with Crippen molar-refractivity contribution in [3.05, 3.63) is 83.8 Å². The number of carbonyl (C=O) groups excluding carboxylic acids is 1. The SMILES string of the molecule is Cc1ccc(C(=O)NCc2cc(-c3ccc4c(ccn4C)c3)ccn2)cc1S(C)(=O)=O. The van der Waals surface area contributed by atoms with E-state index in [1.165, 1.54) is 6.07 Å². The molecular weight excluding hydrogens is 410 g/mol. The number of hydrogen-bond acceptors (Lipinski definition) is 4. The minimum atomic E-state index is -3.40. The second-order valence-electron chi connectivity index (χ2n) is 7.67. The van der Waals surface area contributed by atoms with Crippen LogP contribution in [0.25, 0.3) is 22.0 Å². The summed E-state index contributed by atoms with van der Waals surface area (Å²) in [4.78, 5) is 17.1. The maximum Gasteiger partial charge on any atom is 0.251 e. The summed E-state index contributed by atoms with van der Waals surface area (Å²) < 4.78 is 25.9. The van der Waals surface area contributed by atoms with Crippen LogP contribution in [-0.4, -0.2) is 30.1 Å². The van der Waals surface area contributed by atoms with Crippen molar-refractivity contribution in [2.45, 2.75) is 18.4 Å². The van der Waals surface area contributed by atoms with E-state index in [1.54, 1.807) is 25.3 Å². The Kier molecular flexibility index (Phi) is 5.37. The predicted octanol–water partition coefficient (Wildman–Crippen LogP) is 3.88. The Hall–Kier alpha value is -3.45. The number of aryl methyl sites for hydroxylation is 2. The quantitative estimate of drug-likeness (QED) is 0.518. The van der Waals surface area contributed by atoms with Gasteiger partial charge in [-0.2, -0.15) is 0 Å². The first kappa shape index (κ1) is 20.8. The van der Waals surface area contributed by atoms with E-state index < -0.39 is 9.84 Å². The average Bonchev–Trinajstić information content (AvgIpc) is 3.12. The Bertz CT molecular complexity index is 1400. The fourth-order valence-electron chi connectivity index (χ4n) is 3.63. The summed E-state index contributed by atoms with van der Waals surface area (Å²) in [6, 6.07) is 16.9. The molecule has 158 valence electrons. The first-order chi connectivity index (χ1) is 14.7. The lowest BCUT2D eigenvalue weighted by Crippen LogP contribution is -2.23. The van der Waals surface area contributed by atoms with Gasteiger partial charge in [0.05, 0.1) is 17.1 Å². The molecule has 6 nitrogen and oxygen atoms in total. The van der Waals surface area contributed by atoms with Crippen LogP contribution >= 0.6 is 0 Å². The van der Waals surface area contributed by atoms with Crippen LogP contribution in [0.3, 0.4) is 0 Å². The molecule has 0 saturated carbocycles. The number of sulfone groups is 1. The fraction of sp³-hybridized carbons (Fsp3) is 0.167. The first-order valence-corrected chi connectivity index (χ1v) is 11.7. The molecule has 0 bridgehead atoms. The molecule has 2 aromatic heterocycles. The van der Waals surface area contributed by atoms with Gasteiger partial charge in [0, 0.05) is 42.2 Å². The standard InChI is InChI=1S/C24H23N3O3S/c1-16-4-5-20(14-23(16)31(3,29)30)24(28)26-15-21-13-18(8-10-25-21)17-6-7-22-19(12-17)9-11-27(22)2/h4-14H,15H2,1-3H3,(H,26,28). The van der Waals surface area contributed by atoms with Crippen LogP contribution in [0.4, 0.5) is 0 Å². The van der Waals surface area contributed by atoms with Crippen molar-refractivity contribution in [2.24, 2.45) is 7.05 Å². The van der Waals surface area contributed by atoms with Crippen LogP contribution in [0, 0.1) is 6.92 Å². The Morgan fingerprint density at radius 1 is 1.03 bits per heavy atom.